The number of fused-ring (bicyclic) bond motifs is 4. The van der Waals surface area contributed by atoms with E-state index in [9.17, 15) is 4.79 Å². The average molecular weight is 445 g/mol. The van der Waals surface area contributed by atoms with Gasteiger partial charge in [-0.2, -0.15) is 0 Å². The predicted molar refractivity (Wildman–Crippen MR) is 129 cm³/mol. The highest BCUT2D eigenvalue weighted by Gasteiger charge is 2.15. The first-order valence-corrected chi connectivity index (χ1v) is 11.8. The molecule has 7 heteroatoms. The molecule has 0 spiro atoms. The van der Waals surface area contributed by atoms with E-state index in [1.807, 2.05) is 30.3 Å². The van der Waals surface area contributed by atoms with E-state index in [0.717, 1.165) is 41.9 Å². The van der Waals surface area contributed by atoms with E-state index in [0.29, 0.717) is 12.3 Å². The van der Waals surface area contributed by atoms with Crippen molar-refractivity contribution < 1.29 is 4.79 Å². The lowest BCUT2D eigenvalue weighted by Crippen LogP contribution is -2.24. The largest absolute Gasteiger partial charge is 0.351 e. The number of aromatic nitrogens is 3. The van der Waals surface area contributed by atoms with Gasteiger partial charge in [0.25, 0.3) is 0 Å². The van der Waals surface area contributed by atoms with Gasteiger partial charge in [-0.1, -0.05) is 48.2 Å². The van der Waals surface area contributed by atoms with Crippen LogP contribution in [0.5, 0.6) is 0 Å². The second-order valence-corrected chi connectivity index (χ2v) is 9.46. The summed E-state index contributed by atoms with van der Waals surface area (Å²) in [7, 11) is 0. The molecule has 1 N–H and O–H groups in total. The van der Waals surface area contributed by atoms with Crippen LogP contribution in [0.1, 0.15) is 16.7 Å². The molecule has 5 rings (SSSR count). The standard InChI is InChI=1S/C24H20N4OS2/c1-14-8-15(2)17-10-18-21-22(31-23(18)28-19(17)9-14)24(27-13-26-21)30-12-20(29)25-11-16-6-4-3-5-7-16/h3-10,13H,11-12H2,1-2H3,(H,25,29). The third kappa shape index (κ3) is 3.98. The summed E-state index contributed by atoms with van der Waals surface area (Å²) in [6.07, 6.45) is 1.57. The summed E-state index contributed by atoms with van der Waals surface area (Å²) in [5.74, 6) is 0.289. The highest BCUT2D eigenvalue weighted by atomic mass is 32.2. The second-order valence-electron chi connectivity index (χ2n) is 7.50. The first-order chi connectivity index (χ1) is 15.1. The fourth-order valence-corrected chi connectivity index (χ4v) is 5.71. The molecule has 0 radical (unpaired) electrons. The summed E-state index contributed by atoms with van der Waals surface area (Å²) in [4.78, 5) is 27.2. The SMILES string of the molecule is Cc1cc(C)c2cc3c(nc2c1)sc1c(SCC(=O)NCc2ccccc2)ncnc13. The van der Waals surface area contributed by atoms with Gasteiger partial charge in [-0.05, 0) is 42.7 Å². The van der Waals surface area contributed by atoms with Gasteiger partial charge < -0.3 is 5.32 Å². The quantitative estimate of drug-likeness (QED) is 0.290. The minimum atomic E-state index is -0.0170. The summed E-state index contributed by atoms with van der Waals surface area (Å²) in [5.41, 5.74) is 5.40. The van der Waals surface area contributed by atoms with Gasteiger partial charge in [-0.3, -0.25) is 4.79 Å². The predicted octanol–water partition coefficient (Wildman–Crippen LogP) is 5.42. The molecule has 31 heavy (non-hydrogen) atoms. The van der Waals surface area contributed by atoms with Crippen molar-refractivity contribution >= 4 is 60.3 Å². The van der Waals surface area contributed by atoms with Crippen molar-refractivity contribution in [2.24, 2.45) is 0 Å². The van der Waals surface area contributed by atoms with Gasteiger partial charge >= 0.3 is 0 Å². The number of carbonyl (C=O) groups is 1. The van der Waals surface area contributed by atoms with Crippen LogP contribution in [0.4, 0.5) is 0 Å². The minimum absolute atomic E-state index is 0.0170. The van der Waals surface area contributed by atoms with Crippen molar-refractivity contribution in [2.45, 2.75) is 25.4 Å². The molecule has 1 amide bonds. The second kappa shape index (κ2) is 8.24. The van der Waals surface area contributed by atoms with Crippen LogP contribution >= 0.6 is 23.1 Å². The molecule has 0 unspecified atom stereocenters. The van der Waals surface area contributed by atoms with E-state index < -0.39 is 0 Å². The van der Waals surface area contributed by atoms with Gasteiger partial charge in [-0.25, -0.2) is 15.0 Å². The van der Waals surface area contributed by atoms with Crippen LogP contribution in [0.15, 0.2) is 59.9 Å². The van der Waals surface area contributed by atoms with Gasteiger partial charge in [0.1, 0.15) is 16.2 Å². The molecular weight excluding hydrogens is 424 g/mol. The van der Waals surface area contributed by atoms with Crippen molar-refractivity contribution in [1.82, 2.24) is 20.3 Å². The van der Waals surface area contributed by atoms with Gasteiger partial charge in [0, 0.05) is 17.3 Å². The molecule has 0 aliphatic heterocycles. The molecule has 2 aromatic carbocycles. The first-order valence-electron chi connectivity index (χ1n) is 9.97. The van der Waals surface area contributed by atoms with Crippen molar-refractivity contribution in [2.75, 3.05) is 5.75 Å². The fraction of sp³-hybridized carbons (Fsp3) is 0.167. The van der Waals surface area contributed by atoms with Gasteiger partial charge in [0.15, 0.2) is 0 Å². The zero-order valence-electron chi connectivity index (χ0n) is 17.2. The summed E-state index contributed by atoms with van der Waals surface area (Å²) in [6.45, 7) is 4.73. The monoisotopic (exact) mass is 444 g/mol. The molecule has 3 aromatic heterocycles. The van der Waals surface area contributed by atoms with Gasteiger partial charge in [0.05, 0.1) is 21.5 Å². The number of pyridine rings is 1. The number of carbonyl (C=O) groups excluding carboxylic acids is 1. The summed E-state index contributed by atoms with van der Waals surface area (Å²) in [5, 5.41) is 5.97. The average Bonchev–Trinajstić information content (AvgIpc) is 3.13. The Morgan fingerprint density at radius 2 is 1.90 bits per heavy atom. The third-order valence-electron chi connectivity index (χ3n) is 5.15. The van der Waals surface area contributed by atoms with E-state index in [1.54, 1.807) is 17.7 Å². The molecule has 0 fully saturated rings. The Kier molecular flexibility index (Phi) is 5.29. The Bertz CT molecular complexity index is 1430. The smallest absolute Gasteiger partial charge is 0.230 e. The number of benzene rings is 2. The van der Waals surface area contributed by atoms with Crippen LogP contribution in [0.2, 0.25) is 0 Å². The zero-order chi connectivity index (χ0) is 21.4. The number of thiophene rings is 1. The molecule has 154 valence electrons. The molecule has 0 atom stereocenters. The third-order valence-corrected chi connectivity index (χ3v) is 7.36. The lowest BCUT2D eigenvalue weighted by atomic mass is 10.1. The number of amides is 1. The number of hydrogen-bond donors (Lipinski definition) is 1. The summed E-state index contributed by atoms with van der Waals surface area (Å²) >= 11 is 3.03. The number of hydrogen-bond acceptors (Lipinski definition) is 6. The van der Waals surface area contributed by atoms with E-state index in [1.165, 1.54) is 22.9 Å². The molecule has 0 bridgehead atoms. The maximum absolute atomic E-state index is 12.3. The van der Waals surface area contributed by atoms with E-state index >= 15 is 0 Å². The van der Waals surface area contributed by atoms with Crippen molar-refractivity contribution in [1.29, 1.82) is 0 Å². The van der Waals surface area contributed by atoms with Crippen LogP contribution in [-0.4, -0.2) is 26.6 Å². The topological polar surface area (TPSA) is 67.8 Å². The zero-order valence-corrected chi connectivity index (χ0v) is 18.8. The Balaban J connectivity index is 1.42. The fourth-order valence-electron chi connectivity index (χ4n) is 3.68. The first kappa shape index (κ1) is 19.9. The number of rotatable bonds is 5. The molecule has 0 aliphatic rings. The molecule has 5 nitrogen and oxygen atoms in total. The normalized spacial score (nSPS) is 11.4. The number of nitrogens with one attached hydrogen (secondary N) is 1. The number of aryl methyl sites for hydroxylation is 2. The summed E-state index contributed by atoms with van der Waals surface area (Å²) < 4.78 is 0.982. The lowest BCUT2D eigenvalue weighted by Gasteiger charge is -2.05. The van der Waals surface area contributed by atoms with Gasteiger partial charge in [-0.15, -0.1) is 11.3 Å². The molecule has 3 heterocycles. The molecular formula is C24H20N4OS2. The van der Waals surface area contributed by atoms with Crippen molar-refractivity contribution in [3.63, 3.8) is 0 Å². The highest BCUT2D eigenvalue weighted by Crippen LogP contribution is 2.38. The Labute approximate surface area is 187 Å². The molecule has 0 saturated carbocycles. The Hall–Kier alpha value is -3.03. The molecule has 0 saturated heterocycles. The van der Waals surface area contributed by atoms with Gasteiger partial charge in [0.2, 0.25) is 5.91 Å². The molecule has 5 aromatic rings. The maximum atomic E-state index is 12.3. The Morgan fingerprint density at radius 3 is 2.74 bits per heavy atom. The van der Waals surface area contributed by atoms with Crippen molar-refractivity contribution in [3.05, 3.63) is 71.5 Å². The van der Waals surface area contributed by atoms with Crippen LogP contribution in [0, 0.1) is 13.8 Å². The molecule has 0 aliphatic carbocycles. The maximum Gasteiger partial charge on any atom is 0.230 e. The number of nitrogens with zero attached hydrogens (tertiary/aromatic N) is 3. The van der Waals surface area contributed by atoms with Crippen LogP contribution < -0.4 is 5.32 Å². The van der Waals surface area contributed by atoms with Crippen LogP contribution in [-0.2, 0) is 11.3 Å². The number of thioether (sulfide) groups is 1. The van der Waals surface area contributed by atoms with E-state index in [-0.39, 0.29) is 5.91 Å². The van der Waals surface area contributed by atoms with E-state index in [2.05, 4.69) is 47.3 Å². The lowest BCUT2D eigenvalue weighted by molar-refractivity contribution is -0.118. The van der Waals surface area contributed by atoms with Crippen LogP contribution in [0.25, 0.3) is 31.3 Å². The Morgan fingerprint density at radius 1 is 1.06 bits per heavy atom. The summed E-state index contributed by atoms with van der Waals surface area (Å²) in [6, 6.07) is 16.4. The highest BCUT2D eigenvalue weighted by molar-refractivity contribution is 8.00. The van der Waals surface area contributed by atoms with Crippen LogP contribution in [0.3, 0.4) is 0 Å². The minimum Gasteiger partial charge on any atom is -0.351 e. The van der Waals surface area contributed by atoms with E-state index in [4.69, 9.17) is 4.98 Å². The van der Waals surface area contributed by atoms with Crippen molar-refractivity contribution in [3.8, 4) is 0 Å².